The fourth-order valence-electron chi connectivity index (χ4n) is 1.88. The Morgan fingerprint density at radius 3 is 1.91 bits per heavy atom. The molecule has 0 fully saturated rings. The van der Waals surface area contributed by atoms with E-state index in [1.54, 1.807) is 0 Å². The van der Waals surface area contributed by atoms with E-state index >= 15 is 0 Å². The average Bonchev–Trinajstić information content (AvgIpc) is 1.88. The van der Waals surface area contributed by atoms with Gasteiger partial charge in [-0.2, -0.15) is 0 Å². The normalized spacial score (nSPS) is 11.5. The second kappa shape index (κ2) is 5.40. The molecule has 11 heavy (non-hydrogen) atoms. The number of allylic oxidation sites excluding steroid dienone is 1. The van der Waals surface area contributed by atoms with E-state index in [1.807, 2.05) is 0 Å². The van der Waals surface area contributed by atoms with Crippen LogP contribution in [0.4, 0.5) is 0 Å². The minimum Gasteiger partial charge on any atom is -0.103 e. The van der Waals surface area contributed by atoms with Gasteiger partial charge < -0.3 is 0 Å². The second-order valence-corrected chi connectivity index (χ2v) is 3.80. The topological polar surface area (TPSA) is 0 Å². The largest absolute Gasteiger partial charge is 0.103 e. The van der Waals surface area contributed by atoms with Crippen LogP contribution in [0.15, 0.2) is 12.7 Å². The maximum atomic E-state index is 3.81. The summed E-state index contributed by atoms with van der Waals surface area (Å²) in [6.07, 6.45) is 8.51. The van der Waals surface area contributed by atoms with E-state index < -0.39 is 0 Å². The lowest BCUT2D eigenvalue weighted by molar-refractivity contribution is 0.270. The average molecular weight is 154 g/mol. The van der Waals surface area contributed by atoms with Gasteiger partial charge in [-0.1, -0.05) is 39.7 Å². The Bertz CT molecular complexity index is 96.6. The number of hydrogen-bond donors (Lipinski definition) is 0. The standard InChI is InChI=1S/C11H22/c1-5-8-11(4,9-6-2)10-7-3/h5H,1,6-10H2,2-4H3. The summed E-state index contributed by atoms with van der Waals surface area (Å²) in [6.45, 7) is 10.7. The molecule has 0 saturated heterocycles. The first-order valence-corrected chi connectivity index (χ1v) is 4.79. The maximum Gasteiger partial charge on any atom is -0.0292 e. The van der Waals surface area contributed by atoms with Gasteiger partial charge in [0.2, 0.25) is 0 Å². The van der Waals surface area contributed by atoms with Crippen LogP contribution in [-0.2, 0) is 0 Å². The molecule has 0 saturated carbocycles. The third kappa shape index (κ3) is 4.23. The van der Waals surface area contributed by atoms with E-state index in [1.165, 1.54) is 32.1 Å². The number of rotatable bonds is 6. The lowest BCUT2D eigenvalue weighted by Gasteiger charge is -2.27. The molecule has 0 heterocycles. The Kier molecular flexibility index (Phi) is 5.27. The molecule has 0 aromatic rings. The predicted molar refractivity (Wildman–Crippen MR) is 52.7 cm³/mol. The molecule has 0 amide bonds. The third-order valence-corrected chi connectivity index (χ3v) is 2.34. The van der Waals surface area contributed by atoms with Crippen LogP contribution >= 0.6 is 0 Å². The van der Waals surface area contributed by atoms with Crippen molar-refractivity contribution in [3.8, 4) is 0 Å². The quantitative estimate of drug-likeness (QED) is 0.504. The summed E-state index contributed by atoms with van der Waals surface area (Å²) in [6, 6.07) is 0. The summed E-state index contributed by atoms with van der Waals surface area (Å²) in [5, 5.41) is 0. The van der Waals surface area contributed by atoms with Gasteiger partial charge in [-0.05, 0) is 24.7 Å². The minimum atomic E-state index is 0.533. The van der Waals surface area contributed by atoms with Crippen LogP contribution in [0.2, 0.25) is 0 Å². The van der Waals surface area contributed by atoms with Crippen molar-refractivity contribution < 1.29 is 0 Å². The highest BCUT2D eigenvalue weighted by Gasteiger charge is 2.19. The molecule has 0 rings (SSSR count). The highest BCUT2D eigenvalue weighted by Crippen LogP contribution is 2.32. The van der Waals surface area contributed by atoms with E-state index in [0.717, 1.165) is 0 Å². The van der Waals surface area contributed by atoms with Crippen molar-refractivity contribution in [1.82, 2.24) is 0 Å². The summed E-state index contributed by atoms with van der Waals surface area (Å²) in [5.74, 6) is 0. The van der Waals surface area contributed by atoms with Gasteiger partial charge in [0.15, 0.2) is 0 Å². The fourth-order valence-corrected chi connectivity index (χ4v) is 1.88. The second-order valence-electron chi connectivity index (χ2n) is 3.80. The van der Waals surface area contributed by atoms with Gasteiger partial charge in [0.1, 0.15) is 0 Å². The summed E-state index contributed by atoms with van der Waals surface area (Å²) in [5.41, 5.74) is 0.533. The molecule has 0 aliphatic heterocycles. The van der Waals surface area contributed by atoms with E-state index in [4.69, 9.17) is 0 Å². The molecule has 0 nitrogen and oxygen atoms in total. The van der Waals surface area contributed by atoms with Crippen LogP contribution in [0.5, 0.6) is 0 Å². The van der Waals surface area contributed by atoms with E-state index in [0.29, 0.717) is 5.41 Å². The molecule has 0 unspecified atom stereocenters. The van der Waals surface area contributed by atoms with Crippen molar-refractivity contribution in [2.24, 2.45) is 5.41 Å². The summed E-state index contributed by atoms with van der Waals surface area (Å²) in [7, 11) is 0. The fraction of sp³-hybridized carbons (Fsp3) is 0.818. The lowest BCUT2D eigenvalue weighted by atomic mass is 9.78. The van der Waals surface area contributed by atoms with Gasteiger partial charge in [-0.25, -0.2) is 0 Å². The zero-order chi connectivity index (χ0) is 8.74. The molecule has 0 N–H and O–H groups in total. The van der Waals surface area contributed by atoms with Gasteiger partial charge in [0.05, 0.1) is 0 Å². The molecular formula is C11H22. The monoisotopic (exact) mass is 154 g/mol. The van der Waals surface area contributed by atoms with Gasteiger partial charge in [-0.15, -0.1) is 6.58 Å². The third-order valence-electron chi connectivity index (χ3n) is 2.34. The Morgan fingerprint density at radius 1 is 1.18 bits per heavy atom. The smallest absolute Gasteiger partial charge is 0.0292 e. The molecule has 0 aliphatic carbocycles. The van der Waals surface area contributed by atoms with Gasteiger partial charge in [-0.3, -0.25) is 0 Å². The van der Waals surface area contributed by atoms with E-state index in [-0.39, 0.29) is 0 Å². The SMILES string of the molecule is C=CCC(C)(CCC)CCC. The zero-order valence-corrected chi connectivity index (χ0v) is 8.32. The molecule has 66 valence electrons. The predicted octanol–water partition coefficient (Wildman–Crippen LogP) is 4.17. The molecule has 0 atom stereocenters. The highest BCUT2D eigenvalue weighted by molar-refractivity contribution is 4.82. The first-order valence-electron chi connectivity index (χ1n) is 4.79. The molecule has 0 bridgehead atoms. The molecular weight excluding hydrogens is 132 g/mol. The molecule has 0 spiro atoms. The Labute approximate surface area is 71.7 Å². The molecule has 0 radical (unpaired) electrons. The van der Waals surface area contributed by atoms with Crippen LogP contribution in [0.25, 0.3) is 0 Å². The zero-order valence-electron chi connectivity index (χ0n) is 8.32. The van der Waals surface area contributed by atoms with Crippen LogP contribution in [0.3, 0.4) is 0 Å². The lowest BCUT2D eigenvalue weighted by Crippen LogP contribution is -2.14. The van der Waals surface area contributed by atoms with Crippen molar-refractivity contribution in [3.63, 3.8) is 0 Å². The first-order chi connectivity index (χ1) is 5.18. The van der Waals surface area contributed by atoms with Crippen molar-refractivity contribution in [1.29, 1.82) is 0 Å². The van der Waals surface area contributed by atoms with Gasteiger partial charge >= 0.3 is 0 Å². The van der Waals surface area contributed by atoms with Gasteiger partial charge in [0, 0.05) is 0 Å². The minimum absolute atomic E-state index is 0.533. The Hall–Kier alpha value is -0.260. The summed E-state index contributed by atoms with van der Waals surface area (Å²) < 4.78 is 0. The van der Waals surface area contributed by atoms with Crippen molar-refractivity contribution in [3.05, 3.63) is 12.7 Å². The van der Waals surface area contributed by atoms with Crippen molar-refractivity contribution in [2.45, 2.75) is 52.9 Å². The van der Waals surface area contributed by atoms with Crippen molar-refractivity contribution >= 4 is 0 Å². The van der Waals surface area contributed by atoms with Crippen molar-refractivity contribution in [2.75, 3.05) is 0 Å². The Balaban J connectivity index is 3.88. The Morgan fingerprint density at radius 2 is 1.64 bits per heavy atom. The summed E-state index contributed by atoms with van der Waals surface area (Å²) >= 11 is 0. The highest BCUT2D eigenvalue weighted by atomic mass is 14.2. The van der Waals surface area contributed by atoms with Crippen LogP contribution in [0, 0.1) is 5.41 Å². The van der Waals surface area contributed by atoms with Gasteiger partial charge in [0.25, 0.3) is 0 Å². The molecule has 0 aromatic heterocycles. The molecule has 0 aromatic carbocycles. The maximum absolute atomic E-state index is 3.81. The number of hydrogen-bond acceptors (Lipinski definition) is 0. The first kappa shape index (κ1) is 10.7. The molecule has 0 aliphatic rings. The molecule has 0 heteroatoms. The van der Waals surface area contributed by atoms with Crippen LogP contribution in [0.1, 0.15) is 52.9 Å². The van der Waals surface area contributed by atoms with E-state index in [2.05, 4.69) is 33.4 Å². The van der Waals surface area contributed by atoms with Crippen LogP contribution < -0.4 is 0 Å². The summed E-state index contributed by atoms with van der Waals surface area (Å²) in [4.78, 5) is 0. The van der Waals surface area contributed by atoms with Crippen LogP contribution in [-0.4, -0.2) is 0 Å². The van der Waals surface area contributed by atoms with E-state index in [9.17, 15) is 0 Å².